The van der Waals surface area contributed by atoms with E-state index in [1.807, 2.05) is 55.5 Å². The molecule has 0 bridgehead atoms. The summed E-state index contributed by atoms with van der Waals surface area (Å²) >= 11 is 0. The molecule has 0 aliphatic heterocycles. The topological polar surface area (TPSA) is 51.2 Å². The second kappa shape index (κ2) is 7.12. The van der Waals surface area contributed by atoms with Crippen molar-refractivity contribution in [2.24, 2.45) is 0 Å². The first-order valence-corrected chi connectivity index (χ1v) is 9.52. The maximum Gasteiger partial charge on any atom is 0.236 e. The van der Waals surface area contributed by atoms with Crippen molar-refractivity contribution < 1.29 is 9.53 Å². The summed E-state index contributed by atoms with van der Waals surface area (Å²) < 4.78 is 5.22. The van der Waals surface area contributed by atoms with E-state index in [1.165, 1.54) is 5.56 Å². The van der Waals surface area contributed by atoms with Crippen LogP contribution >= 0.6 is 0 Å². The van der Waals surface area contributed by atoms with Crippen molar-refractivity contribution >= 4 is 11.7 Å². The van der Waals surface area contributed by atoms with E-state index in [2.05, 4.69) is 24.4 Å². The highest BCUT2D eigenvalue weighted by Gasteiger charge is 2.51. The summed E-state index contributed by atoms with van der Waals surface area (Å²) in [6.07, 6.45) is 1.70. The lowest BCUT2D eigenvalue weighted by molar-refractivity contribution is -0.118. The Morgan fingerprint density at radius 1 is 1.04 bits per heavy atom. The third kappa shape index (κ3) is 3.38. The van der Waals surface area contributed by atoms with Gasteiger partial charge in [-0.3, -0.25) is 4.79 Å². The van der Waals surface area contributed by atoms with Crippen LogP contribution in [0.15, 0.2) is 60.7 Å². The second-order valence-corrected chi connectivity index (χ2v) is 7.50. The first kappa shape index (κ1) is 18.2. The molecule has 0 saturated heterocycles. The minimum absolute atomic E-state index is 0.00390. The Bertz CT molecular complexity index is 1020. The first-order chi connectivity index (χ1) is 13.5. The summed E-state index contributed by atoms with van der Waals surface area (Å²) in [4.78, 5) is 17.8. The van der Waals surface area contributed by atoms with Crippen LogP contribution in [-0.2, 0) is 10.2 Å². The zero-order valence-corrected chi connectivity index (χ0v) is 16.5. The molecule has 28 heavy (non-hydrogen) atoms. The number of rotatable bonds is 5. The van der Waals surface area contributed by atoms with Crippen molar-refractivity contribution in [2.45, 2.75) is 32.1 Å². The number of ether oxygens (including phenoxy) is 1. The number of anilines is 1. The maximum atomic E-state index is 13.1. The molecule has 142 valence electrons. The highest BCUT2D eigenvalue weighted by atomic mass is 16.5. The Hall–Kier alpha value is -3.14. The fraction of sp³-hybridized carbons (Fsp3) is 0.250. The molecule has 1 aliphatic rings. The monoisotopic (exact) mass is 372 g/mol. The van der Waals surface area contributed by atoms with Gasteiger partial charge in [0.2, 0.25) is 5.91 Å². The number of amides is 1. The number of nitrogens with one attached hydrogen (secondary N) is 1. The van der Waals surface area contributed by atoms with Crippen LogP contribution in [0.4, 0.5) is 5.82 Å². The van der Waals surface area contributed by atoms with Crippen LogP contribution in [0.5, 0.6) is 5.75 Å². The number of methoxy groups -OCH3 is 1. The summed E-state index contributed by atoms with van der Waals surface area (Å²) in [5.74, 6) is 1.39. The van der Waals surface area contributed by atoms with Crippen molar-refractivity contribution in [2.75, 3.05) is 12.4 Å². The van der Waals surface area contributed by atoms with Gasteiger partial charge in [0.05, 0.1) is 18.2 Å². The summed E-state index contributed by atoms with van der Waals surface area (Å²) in [5.41, 5.74) is 4.80. The molecule has 0 unspecified atom stereocenters. The molecule has 1 amide bonds. The van der Waals surface area contributed by atoms with Crippen LogP contribution in [0.1, 0.15) is 29.5 Å². The van der Waals surface area contributed by atoms with Gasteiger partial charge in [-0.2, -0.15) is 0 Å². The molecule has 1 N–H and O–H groups in total. The van der Waals surface area contributed by atoms with Crippen molar-refractivity contribution in [3.63, 3.8) is 0 Å². The van der Waals surface area contributed by atoms with Gasteiger partial charge in [-0.15, -0.1) is 0 Å². The molecule has 1 fully saturated rings. The van der Waals surface area contributed by atoms with Gasteiger partial charge in [0.1, 0.15) is 11.6 Å². The Morgan fingerprint density at radius 2 is 1.79 bits per heavy atom. The van der Waals surface area contributed by atoms with E-state index >= 15 is 0 Å². The van der Waals surface area contributed by atoms with Gasteiger partial charge in [0.25, 0.3) is 0 Å². The first-order valence-electron chi connectivity index (χ1n) is 9.52. The minimum Gasteiger partial charge on any atom is -0.497 e. The average molecular weight is 372 g/mol. The molecular formula is C24H24N2O2. The van der Waals surface area contributed by atoms with E-state index in [0.29, 0.717) is 5.82 Å². The van der Waals surface area contributed by atoms with Crippen molar-refractivity contribution in [1.82, 2.24) is 4.98 Å². The van der Waals surface area contributed by atoms with Crippen LogP contribution in [-0.4, -0.2) is 18.0 Å². The summed E-state index contributed by atoms with van der Waals surface area (Å²) in [5, 5.41) is 3.04. The molecule has 0 spiro atoms. The molecule has 0 radical (unpaired) electrons. The predicted octanol–water partition coefficient (Wildman–Crippen LogP) is 5.04. The molecule has 4 heteroatoms. The number of aromatic nitrogens is 1. The standard InChI is InChI=1S/C24H24N2O2/c1-16-5-4-6-18(15-16)22-17(2)7-12-21(25-22)26-23(27)24(13-14-24)19-8-10-20(28-3)11-9-19/h4-12,15H,13-14H2,1-3H3,(H,25,26,27). The fourth-order valence-electron chi connectivity index (χ4n) is 3.60. The summed E-state index contributed by atoms with van der Waals surface area (Å²) in [6, 6.07) is 19.9. The van der Waals surface area contributed by atoms with Gasteiger partial charge in [-0.1, -0.05) is 42.0 Å². The van der Waals surface area contributed by atoms with E-state index in [4.69, 9.17) is 9.72 Å². The number of carbonyl (C=O) groups is 1. The quantitative estimate of drug-likeness (QED) is 0.682. The lowest BCUT2D eigenvalue weighted by Gasteiger charge is -2.17. The van der Waals surface area contributed by atoms with Crippen molar-refractivity contribution in [3.8, 4) is 17.0 Å². The Labute approximate surface area is 165 Å². The summed E-state index contributed by atoms with van der Waals surface area (Å²) in [6.45, 7) is 4.10. The molecule has 0 atom stereocenters. The Morgan fingerprint density at radius 3 is 2.43 bits per heavy atom. The van der Waals surface area contributed by atoms with E-state index in [9.17, 15) is 4.79 Å². The average Bonchev–Trinajstić information content (AvgIpc) is 3.51. The van der Waals surface area contributed by atoms with E-state index in [-0.39, 0.29) is 5.91 Å². The molecular weight excluding hydrogens is 348 g/mol. The predicted molar refractivity (Wildman–Crippen MR) is 112 cm³/mol. The molecule has 4 nitrogen and oxygen atoms in total. The third-order valence-electron chi connectivity index (χ3n) is 5.46. The SMILES string of the molecule is COc1ccc(C2(C(=O)Nc3ccc(C)c(-c4cccc(C)c4)n3)CC2)cc1. The second-order valence-electron chi connectivity index (χ2n) is 7.50. The largest absolute Gasteiger partial charge is 0.497 e. The van der Waals surface area contributed by atoms with Gasteiger partial charge < -0.3 is 10.1 Å². The highest BCUT2D eigenvalue weighted by Crippen LogP contribution is 2.49. The number of carbonyl (C=O) groups excluding carboxylic acids is 1. The van der Waals surface area contributed by atoms with Crippen LogP contribution in [0.25, 0.3) is 11.3 Å². The third-order valence-corrected chi connectivity index (χ3v) is 5.46. The fourth-order valence-corrected chi connectivity index (χ4v) is 3.60. The van der Waals surface area contributed by atoms with Crippen LogP contribution in [0.3, 0.4) is 0 Å². The number of pyridine rings is 1. The minimum atomic E-state index is -0.456. The van der Waals surface area contributed by atoms with E-state index < -0.39 is 5.41 Å². The van der Waals surface area contributed by atoms with Gasteiger partial charge in [0.15, 0.2) is 0 Å². The highest BCUT2D eigenvalue weighted by molar-refractivity contribution is 6.01. The molecule has 2 aromatic carbocycles. The Balaban J connectivity index is 1.59. The van der Waals surface area contributed by atoms with Crippen LogP contribution < -0.4 is 10.1 Å². The number of hydrogen-bond acceptors (Lipinski definition) is 3. The zero-order valence-electron chi connectivity index (χ0n) is 16.5. The lowest BCUT2D eigenvalue weighted by Crippen LogP contribution is -2.28. The number of aryl methyl sites for hydroxylation is 2. The van der Waals surface area contributed by atoms with Gasteiger partial charge >= 0.3 is 0 Å². The van der Waals surface area contributed by atoms with Crippen molar-refractivity contribution in [1.29, 1.82) is 0 Å². The molecule has 1 heterocycles. The molecule has 1 saturated carbocycles. The Kier molecular flexibility index (Phi) is 4.63. The van der Waals surface area contributed by atoms with Gasteiger partial charge in [-0.05, 0) is 62.1 Å². The zero-order chi connectivity index (χ0) is 19.7. The summed E-state index contributed by atoms with van der Waals surface area (Å²) in [7, 11) is 1.64. The number of benzene rings is 2. The smallest absolute Gasteiger partial charge is 0.236 e. The number of hydrogen-bond donors (Lipinski definition) is 1. The van der Waals surface area contributed by atoms with Crippen LogP contribution in [0.2, 0.25) is 0 Å². The molecule has 1 aromatic heterocycles. The van der Waals surface area contributed by atoms with Gasteiger partial charge in [0, 0.05) is 5.56 Å². The maximum absolute atomic E-state index is 13.1. The number of nitrogens with zero attached hydrogens (tertiary/aromatic N) is 1. The van der Waals surface area contributed by atoms with E-state index in [0.717, 1.165) is 41.0 Å². The lowest BCUT2D eigenvalue weighted by atomic mass is 9.95. The molecule has 3 aromatic rings. The normalized spacial score (nSPS) is 14.4. The molecule has 1 aliphatic carbocycles. The molecule has 4 rings (SSSR count). The van der Waals surface area contributed by atoms with E-state index in [1.54, 1.807) is 7.11 Å². The van der Waals surface area contributed by atoms with Crippen LogP contribution in [0, 0.1) is 13.8 Å². The van der Waals surface area contributed by atoms with Gasteiger partial charge in [-0.25, -0.2) is 4.98 Å². The van der Waals surface area contributed by atoms with Crippen molar-refractivity contribution in [3.05, 3.63) is 77.4 Å².